The van der Waals surface area contributed by atoms with E-state index >= 15 is 0 Å². The normalized spacial score (nSPS) is 12.2. The zero-order valence-electron chi connectivity index (χ0n) is 16.2. The average molecular weight is 453 g/mol. The molecular formula is C21H20Cl3N3O2. The Kier molecular flexibility index (Phi) is 6.96. The van der Waals surface area contributed by atoms with Crippen LogP contribution in [-0.2, 0) is 17.9 Å². The van der Waals surface area contributed by atoms with Crippen LogP contribution in [0.25, 0.3) is 11.1 Å². The Hall–Kier alpha value is -1.92. The maximum absolute atomic E-state index is 12.8. The summed E-state index contributed by atoms with van der Waals surface area (Å²) in [5, 5.41) is 1.36. The smallest absolute Gasteiger partial charge is 0.281 e. The molecule has 0 fully saturated rings. The van der Waals surface area contributed by atoms with Gasteiger partial charge in [0.2, 0.25) is 0 Å². The number of aromatic nitrogens is 3. The summed E-state index contributed by atoms with van der Waals surface area (Å²) < 4.78 is 7.90. The maximum atomic E-state index is 12.8. The lowest BCUT2D eigenvalue weighted by molar-refractivity contribution is 0.0456. The number of benzene rings is 1. The van der Waals surface area contributed by atoms with Crippen molar-refractivity contribution in [3.63, 3.8) is 0 Å². The van der Waals surface area contributed by atoms with Crippen LogP contribution in [0.15, 0.2) is 41.3 Å². The molecule has 0 saturated carbocycles. The van der Waals surface area contributed by atoms with Gasteiger partial charge >= 0.3 is 0 Å². The summed E-state index contributed by atoms with van der Waals surface area (Å²) in [7, 11) is 0. The molecule has 1 unspecified atom stereocenters. The highest BCUT2D eigenvalue weighted by molar-refractivity contribution is 6.35. The first kappa shape index (κ1) is 21.8. The van der Waals surface area contributed by atoms with Gasteiger partial charge < -0.3 is 9.30 Å². The molecule has 0 spiro atoms. The molecular weight excluding hydrogens is 433 g/mol. The number of rotatable bonds is 6. The van der Waals surface area contributed by atoms with Crippen LogP contribution in [0, 0.1) is 6.92 Å². The van der Waals surface area contributed by atoms with Crippen LogP contribution in [0.2, 0.25) is 15.2 Å². The third kappa shape index (κ3) is 4.98. The van der Waals surface area contributed by atoms with Gasteiger partial charge in [-0.2, -0.15) is 4.98 Å². The van der Waals surface area contributed by atoms with Crippen molar-refractivity contribution in [1.82, 2.24) is 14.5 Å². The van der Waals surface area contributed by atoms with Crippen molar-refractivity contribution in [3.05, 3.63) is 79.2 Å². The van der Waals surface area contributed by atoms with Crippen molar-refractivity contribution < 1.29 is 4.74 Å². The van der Waals surface area contributed by atoms with Gasteiger partial charge in [0.1, 0.15) is 17.6 Å². The quantitative estimate of drug-likeness (QED) is 0.439. The summed E-state index contributed by atoms with van der Waals surface area (Å²) >= 11 is 18.1. The Morgan fingerprint density at radius 1 is 1.14 bits per heavy atom. The third-order valence-electron chi connectivity index (χ3n) is 4.67. The van der Waals surface area contributed by atoms with Crippen molar-refractivity contribution in [2.45, 2.75) is 40.0 Å². The highest BCUT2D eigenvalue weighted by Gasteiger charge is 2.17. The zero-order valence-corrected chi connectivity index (χ0v) is 18.5. The number of halogens is 3. The van der Waals surface area contributed by atoms with E-state index in [-0.39, 0.29) is 18.3 Å². The van der Waals surface area contributed by atoms with E-state index in [0.717, 1.165) is 11.3 Å². The molecule has 2 heterocycles. The molecule has 0 aliphatic carbocycles. The van der Waals surface area contributed by atoms with E-state index in [2.05, 4.69) is 9.97 Å². The van der Waals surface area contributed by atoms with Crippen LogP contribution >= 0.6 is 34.8 Å². The molecule has 152 valence electrons. The van der Waals surface area contributed by atoms with E-state index in [1.54, 1.807) is 30.5 Å². The van der Waals surface area contributed by atoms with Crippen LogP contribution in [-0.4, -0.2) is 14.5 Å². The first-order valence-electron chi connectivity index (χ1n) is 9.10. The second kappa shape index (κ2) is 9.26. The monoisotopic (exact) mass is 451 g/mol. The first-order valence-corrected chi connectivity index (χ1v) is 10.2. The molecule has 29 heavy (non-hydrogen) atoms. The highest BCUT2D eigenvalue weighted by Crippen LogP contribution is 2.28. The topological polar surface area (TPSA) is 57.0 Å². The highest BCUT2D eigenvalue weighted by atomic mass is 35.5. The van der Waals surface area contributed by atoms with E-state index in [9.17, 15) is 4.79 Å². The van der Waals surface area contributed by atoms with E-state index in [4.69, 9.17) is 39.5 Å². The average Bonchev–Trinajstić information content (AvgIpc) is 2.65. The van der Waals surface area contributed by atoms with E-state index in [1.807, 2.05) is 31.4 Å². The summed E-state index contributed by atoms with van der Waals surface area (Å²) in [4.78, 5) is 21.2. The first-order chi connectivity index (χ1) is 13.8. The third-order valence-corrected chi connectivity index (χ3v) is 5.33. The SMILES string of the molecule is CCn1c(COC(C)c2ccc(Cl)nc2)nc(=O)c(-c2cc(Cl)cc(Cl)c2)c1C. The minimum absolute atomic E-state index is 0.185. The Balaban J connectivity index is 1.92. The lowest BCUT2D eigenvalue weighted by atomic mass is 10.1. The van der Waals surface area contributed by atoms with Gasteiger partial charge in [-0.15, -0.1) is 0 Å². The zero-order chi connectivity index (χ0) is 21.1. The van der Waals surface area contributed by atoms with Crippen LogP contribution in [0.3, 0.4) is 0 Å². The van der Waals surface area contributed by atoms with Crippen LogP contribution in [0.4, 0.5) is 0 Å². The number of pyridine rings is 1. The summed E-state index contributed by atoms with van der Waals surface area (Å²) in [6.07, 6.45) is 1.44. The van der Waals surface area contributed by atoms with Crippen molar-refractivity contribution in [1.29, 1.82) is 0 Å². The van der Waals surface area contributed by atoms with Crippen LogP contribution < -0.4 is 5.56 Å². The fourth-order valence-electron chi connectivity index (χ4n) is 3.20. The van der Waals surface area contributed by atoms with Gasteiger partial charge in [-0.25, -0.2) is 4.98 Å². The minimum Gasteiger partial charge on any atom is -0.366 e. The summed E-state index contributed by atoms with van der Waals surface area (Å²) in [5.41, 5.74) is 2.46. The molecule has 3 rings (SSSR count). The summed E-state index contributed by atoms with van der Waals surface area (Å²) in [6.45, 7) is 6.60. The van der Waals surface area contributed by atoms with Crippen molar-refractivity contribution in [3.8, 4) is 11.1 Å². The molecule has 0 N–H and O–H groups in total. The fraction of sp³-hybridized carbons (Fsp3) is 0.286. The lowest BCUT2D eigenvalue weighted by Crippen LogP contribution is -2.23. The van der Waals surface area contributed by atoms with Gasteiger partial charge in [0.25, 0.3) is 5.56 Å². The number of hydrogen-bond donors (Lipinski definition) is 0. The molecule has 0 aliphatic rings. The molecule has 3 aromatic rings. The molecule has 2 aromatic heterocycles. The Morgan fingerprint density at radius 3 is 2.41 bits per heavy atom. The summed E-state index contributed by atoms with van der Waals surface area (Å²) in [6, 6.07) is 8.63. The van der Waals surface area contributed by atoms with Gasteiger partial charge in [-0.1, -0.05) is 40.9 Å². The predicted molar refractivity (Wildman–Crippen MR) is 117 cm³/mol. The van der Waals surface area contributed by atoms with Crippen molar-refractivity contribution >= 4 is 34.8 Å². The molecule has 0 bridgehead atoms. The number of hydrogen-bond acceptors (Lipinski definition) is 4. The molecule has 5 nitrogen and oxygen atoms in total. The Labute approximate surface area is 184 Å². The second-order valence-electron chi connectivity index (χ2n) is 6.56. The molecule has 1 atom stereocenters. The number of ether oxygens (including phenoxy) is 1. The molecule has 0 amide bonds. The minimum atomic E-state index is -0.343. The largest absolute Gasteiger partial charge is 0.366 e. The molecule has 0 aliphatic heterocycles. The second-order valence-corrected chi connectivity index (χ2v) is 7.82. The van der Waals surface area contributed by atoms with Crippen molar-refractivity contribution in [2.75, 3.05) is 0 Å². The van der Waals surface area contributed by atoms with Gasteiger partial charge in [0.05, 0.1) is 11.7 Å². The van der Waals surface area contributed by atoms with Gasteiger partial charge in [-0.05, 0) is 56.2 Å². The molecule has 1 aromatic carbocycles. The Morgan fingerprint density at radius 2 is 1.83 bits per heavy atom. The molecule has 0 saturated heterocycles. The molecule has 8 heteroatoms. The van der Waals surface area contributed by atoms with Crippen LogP contribution in [0.5, 0.6) is 0 Å². The fourth-order valence-corrected chi connectivity index (χ4v) is 3.84. The molecule has 0 radical (unpaired) electrons. The summed E-state index contributed by atoms with van der Waals surface area (Å²) in [5.74, 6) is 0.556. The standard InChI is InChI=1S/C21H20Cl3N3O2/c1-4-27-12(2)20(15-7-16(22)9-17(23)8-15)21(28)26-19(27)11-29-13(3)14-5-6-18(24)25-10-14/h5-10,13H,4,11H2,1-3H3. The van der Waals surface area contributed by atoms with E-state index in [1.165, 1.54) is 0 Å². The van der Waals surface area contributed by atoms with E-state index < -0.39 is 0 Å². The van der Waals surface area contributed by atoms with E-state index in [0.29, 0.717) is 38.7 Å². The van der Waals surface area contributed by atoms with Crippen LogP contribution in [0.1, 0.15) is 37.0 Å². The predicted octanol–water partition coefficient (Wildman–Crippen LogP) is 5.87. The Bertz CT molecular complexity index is 1060. The lowest BCUT2D eigenvalue weighted by Gasteiger charge is -2.19. The van der Waals surface area contributed by atoms with Gasteiger partial charge in [0, 0.05) is 28.5 Å². The van der Waals surface area contributed by atoms with Gasteiger partial charge in [-0.3, -0.25) is 4.79 Å². The number of nitrogens with zero attached hydrogens (tertiary/aromatic N) is 3. The maximum Gasteiger partial charge on any atom is 0.281 e. The van der Waals surface area contributed by atoms with Gasteiger partial charge in [0.15, 0.2) is 0 Å². The van der Waals surface area contributed by atoms with Crippen molar-refractivity contribution in [2.24, 2.45) is 0 Å².